The summed E-state index contributed by atoms with van der Waals surface area (Å²) in [6.45, 7) is 7.28. The van der Waals surface area contributed by atoms with E-state index in [1.54, 1.807) is 7.11 Å². The lowest BCUT2D eigenvalue weighted by atomic mass is 10.1. The molecule has 0 fully saturated rings. The molecule has 2 aromatic carbocycles. The minimum absolute atomic E-state index is 0.790. The van der Waals surface area contributed by atoms with Gasteiger partial charge in [0.15, 0.2) is 0 Å². The van der Waals surface area contributed by atoms with Gasteiger partial charge in [-0.25, -0.2) is 0 Å². The van der Waals surface area contributed by atoms with Crippen molar-refractivity contribution in [2.24, 2.45) is 0 Å². The molecule has 2 aromatic heterocycles. The lowest BCUT2D eigenvalue weighted by Crippen LogP contribution is -2.03. The normalized spacial score (nSPS) is 11.1. The van der Waals surface area contributed by atoms with Gasteiger partial charge < -0.3 is 9.30 Å². The van der Waals surface area contributed by atoms with E-state index in [0.717, 1.165) is 23.6 Å². The molecule has 4 aromatic rings. The number of fused-ring (bicyclic) bond motifs is 1. The highest BCUT2D eigenvalue weighted by Gasteiger charge is 2.16. The molecule has 0 aliphatic rings. The molecule has 4 rings (SSSR count). The Labute approximate surface area is 160 Å². The van der Waals surface area contributed by atoms with Crippen LogP contribution < -0.4 is 4.74 Å². The first-order valence-electron chi connectivity index (χ1n) is 9.23. The van der Waals surface area contributed by atoms with Crippen LogP contribution in [0.4, 0.5) is 0 Å². The Bertz CT molecular complexity index is 1110. The maximum atomic E-state index is 5.40. The van der Waals surface area contributed by atoms with Gasteiger partial charge in [-0.05, 0) is 50.1 Å². The third-order valence-corrected chi connectivity index (χ3v) is 5.35. The molecule has 0 radical (unpaired) electrons. The number of hydrogen-bond donors (Lipinski definition) is 0. The zero-order valence-electron chi connectivity index (χ0n) is 16.3. The van der Waals surface area contributed by atoms with Gasteiger partial charge in [0.2, 0.25) is 0 Å². The molecule has 0 bridgehead atoms. The van der Waals surface area contributed by atoms with E-state index < -0.39 is 0 Å². The molecule has 27 heavy (non-hydrogen) atoms. The van der Waals surface area contributed by atoms with Crippen LogP contribution in [0.1, 0.15) is 22.4 Å². The van der Waals surface area contributed by atoms with E-state index in [1.807, 2.05) is 18.3 Å². The minimum Gasteiger partial charge on any atom is -0.497 e. The molecule has 0 unspecified atom stereocenters. The maximum Gasteiger partial charge on any atom is 0.119 e. The fourth-order valence-electron chi connectivity index (χ4n) is 3.67. The molecule has 0 spiro atoms. The summed E-state index contributed by atoms with van der Waals surface area (Å²) in [5.41, 5.74) is 8.43. The number of hydrogen-bond acceptors (Lipinski definition) is 2. The van der Waals surface area contributed by atoms with Crippen molar-refractivity contribution in [1.82, 2.24) is 9.55 Å². The van der Waals surface area contributed by atoms with E-state index in [2.05, 4.69) is 67.8 Å². The van der Waals surface area contributed by atoms with Crippen LogP contribution in [0.5, 0.6) is 5.75 Å². The predicted octanol–water partition coefficient (Wildman–Crippen LogP) is 5.69. The molecular weight excluding hydrogens is 332 g/mol. The van der Waals surface area contributed by atoms with Crippen molar-refractivity contribution < 1.29 is 4.74 Å². The molecule has 0 saturated carbocycles. The summed E-state index contributed by atoms with van der Waals surface area (Å²) < 4.78 is 7.77. The summed E-state index contributed by atoms with van der Waals surface area (Å²) in [4.78, 5) is 4.75. The molecule has 0 atom stereocenters. The van der Waals surface area contributed by atoms with Crippen LogP contribution in [0.3, 0.4) is 0 Å². The summed E-state index contributed by atoms with van der Waals surface area (Å²) in [5.74, 6) is 0.884. The average molecular weight is 356 g/mol. The lowest BCUT2D eigenvalue weighted by molar-refractivity contribution is 0.414. The van der Waals surface area contributed by atoms with Crippen LogP contribution in [0.2, 0.25) is 0 Å². The quantitative estimate of drug-likeness (QED) is 0.470. The molecular formula is C24H24N2O. The van der Waals surface area contributed by atoms with Crippen molar-refractivity contribution in [3.05, 3.63) is 83.2 Å². The van der Waals surface area contributed by atoms with E-state index in [1.165, 1.54) is 33.3 Å². The second-order valence-electron chi connectivity index (χ2n) is 7.07. The Kier molecular flexibility index (Phi) is 4.44. The van der Waals surface area contributed by atoms with Crippen molar-refractivity contribution in [1.29, 1.82) is 0 Å². The van der Waals surface area contributed by atoms with Crippen molar-refractivity contribution in [3.63, 3.8) is 0 Å². The molecule has 3 heteroatoms. The van der Waals surface area contributed by atoms with Gasteiger partial charge in [-0.1, -0.05) is 42.0 Å². The van der Waals surface area contributed by atoms with E-state index in [9.17, 15) is 0 Å². The highest BCUT2D eigenvalue weighted by atomic mass is 16.5. The topological polar surface area (TPSA) is 27.1 Å². The Morgan fingerprint density at radius 3 is 2.48 bits per heavy atom. The Hall–Kier alpha value is -3.07. The summed E-state index contributed by atoms with van der Waals surface area (Å²) in [7, 11) is 1.71. The molecule has 0 aliphatic heterocycles. The maximum absolute atomic E-state index is 5.40. The number of methoxy groups -OCH3 is 1. The molecule has 0 amide bonds. The predicted molar refractivity (Wildman–Crippen MR) is 111 cm³/mol. The first kappa shape index (κ1) is 17.3. The number of ether oxygens (including phenoxy) is 1. The zero-order valence-corrected chi connectivity index (χ0v) is 16.3. The fourth-order valence-corrected chi connectivity index (χ4v) is 3.67. The largest absolute Gasteiger partial charge is 0.497 e. The SMILES string of the molecule is COc1cccc(Cn2c(C)c(C)c3ccnc(-c4ccc(C)cc4)c32)c1. The van der Waals surface area contributed by atoms with E-state index in [4.69, 9.17) is 9.72 Å². The van der Waals surface area contributed by atoms with Gasteiger partial charge in [-0.3, -0.25) is 4.98 Å². The van der Waals surface area contributed by atoms with Crippen LogP contribution in [-0.2, 0) is 6.54 Å². The van der Waals surface area contributed by atoms with E-state index in [0.29, 0.717) is 0 Å². The molecule has 0 saturated heterocycles. The van der Waals surface area contributed by atoms with Crippen molar-refractivity contribution in [3.8, 4) is 17.0 Å². The molecule has 0 N–H and O–H groups in total. The molecule has 136 valence electrons. The monoisotopic (exact) mass is 356 g/mol. The van der Waals surface area contributed by atoms with Crippen molar-refractivity contribution >= 4 is 10.9 Å². The smallest absolute Gasteiger partial charge is 0.119 e. The number of aromatic nitrogens is 2. The molecule has 3 nitrogen and oxygen atoms in total. The Balaban J connectivity index is 1.91. The Morgan fingerprint density at radius 2 is 1.74 bits per heavy atom. The van der Waals surface area contributed by atoms with Gasteiger partial charge >= 0.3 is 0 Å². The number of aryl methyl sites for hydroxylation is 2. The molecule has 2 heterocycles. The first-order valence-corrected chi connectivity index (χ1v) is 9.23. The van der Waals surface area contributed by atoms with Gasteiger partial charge in [-0.2, -0.15) is 0 Å². The number of pyridine rings is 1. The van der Waals surface area contributed by atoms with Crippen LogP contribution in [0.25, 0.3) is 22.2 Å². The second-order valence-corrected chi connectivity index (χ2v) is 7.07. The van der Waals surface area contributed by atoms with Crippen LogP contribution in [0, 0.1) is 20.8 Å². The summed E-state index contributed by atoms with van der Waals surface area (Å²) in [5, 5.41) is 1.26. The fraction of sp³-hybridized carbons (Fsp3) is 0.208. The summed E-state index contributed by atoms with van der Waals surface area (Å²) >= 11 is 0. The number of benzene rings is 2. The Morgan fingerprint density at radius 1 is 0.963 bits per heavy atom. The second kappa shape index (κ2) is 6.92. The van der Waals surface area contributed by atoms with Crippen molar-refractivity contribution in [2.75, 3.05) is 7.11 Å². The highest BCUT2D eigenvalue weighted by Crippen LogP contribution is 2.33. The van der Waals surface area contributed by atoms with Crippen molar-refractivity contribution in [2.45, 2.75) is 27.3 Å². The van der Waals surface area contributed by atoms with Crippen LogP contribution >= 0.6 is 0 Å². The molecule has 0 aliphatic carbocycles. The van der Waals surface area contributed by atoms with Gasteiger partial charge in [0.05, 0.1) is 18.3 Å². The van der Waals surface area contributed by atoms with Gasteiger partial charge in [0.1, 0.15) is 5.75 Å². The van der Waals surface area contributed by atoms with Gasteiger partial charge in [0.25, 0.3) is 0 Å². The average Bonchev–Trinajstić information content (AvgIpc) is 2.94. The first-order chi connectivity index (χ1) is 13.1. The van der Waals surface area contributed by atoms with Crippen LogP contribution in [-0.4, -0.2) is 16.7 Å². The van der Waals surface area contributed by atoms with E-state index >= 15 is 0 Å². The third-order valence-electron chi connectivity index (χ3n) is 5.35. The van der Waals surface area contributed by atoms with E-state index in [-0.39, 0.29) is 0 Å². The summed E-state index contributed by atoms with van der Waals surface area (Å²) in [6, 6.07) is 19.0. The third kappa shape index (κ3) is 3.10. The highest BCUT2D eigenvalue weighted by molar-refractivity contribution is 5.95. The summed E-state index contributed by atoms with van der Waals surface area (Å²) in [6.07, 6.45) is 1.92. The number of rotatable bonds is 4. The lowest BCUT2D eigenvalue weighted by Gasteiger charge is -2.12. The standard InChI is InChI=1S/C24H24N2O/c1-16-8-10-20(11-9-16)23-24-22(12-13-25-23)17(2)18(3)26(24)15-19-6-5-7-21(14-19)27-4/h5-14H,15H2,1-4H3. The number of nitrogens with zero attached hydrogens (tertiary/aromatic N) is 2. The van der Waals surface area contributed by atoms with Gasteiger partial charge in [0, 0.05) is 29.4 Å². The minimum atomic E-state index is 0.790. The van der Waals surface area contributed by atoms with Gasteiger partial charge in [-0.15, -0.1) is 0 Å². The zero-order chi connectivity index (χ0) is 19.0. The van der Waals surface area contributed by atoms with Crippen LogP contribution in [0.15, 0.2) is 60.8 Å².